The van der Waals surface area contributed by atoms with Crippen LogP contribution in [-0.2, 0) is 8.65 Å². The maximum Gasteiger partial charge on any atom is 0.0996 e. The van der Waals surface area contributed by atoms with Gasteiger partial charge in [0.15, 0.2) is 0 Å². The minimum atomic E-state index is -0.632. The van der Waals surface area contributed by atoms with E-state index in [9.17, 15) is 0 Å². The van der Waals surface area contributed by atoms with Crippen LogP contribution in [0.5, 0.6) is 0 Å². The second kappa shape index (κ2) is 10.4. The molecule has 0 aliphatic heterocycles. The van der Waals surface area contributed by atoms with Crippen molar-refractivity contribution in [2.24, 2.45) is 0 Å². The molecule has 1 aliphatic carbocycles. The quantitative estimate of drug-likeness (QED) is 0.172. The van der Waals surface area contributed by atoms with Crippen molar-refractivity contribution in [3.63, 3.8) is 0 Å². The van der Waals surface area contributed by atoms with Gasteiger partial charge < -0.3 is 0 Å². The average Bonchev–Trinajstić information content (AvgIpc) is 3.00. The Hall–Kier alpha value is -3.46. The van der Waals surface area contributed by atoms with Crippen molar-refractivity contribution in [1.82, 2.24) is 0 Å². The summed E-state index contributed by atoms with van der Waals surface area (Å²) in [5, 5.41) is 0. The van der Waals surface area contributed by atoms with E-state index in [2.05, 4.69) is 190 Å². The third-order valence-electron chi connectivity index (χ3n) is 7.28. The zero-order valence-electron chi connectivity index (χ0n) is 20.8. The second-order valence-electron chi connectivity index (χ2n) is 9.51. The maximum atomic E-state index is 4.46. The lowest BCUT2D eigenvalue weighted by atomic mass is 9.66. The Morgan fingerprint density at radius 1 is 0.395 bits per heavy atom. The van der Waals surface area contributed by atoms with Gasteiger partial charge in [-0.15, -0.1) is 0 Å². The van der Waals surface area contributed by atoms with E-state index in [1.54, 1.807) is 0 Å². The molecular weight excluding hydrogens is 592 g/mol. The Balaban J connectivity index is 1.82. The molecule has 0 saturated heterocycles. The van der Waals surface area contributed by atoms with Crippen molar-refractivity contribution < 1.29 is 0 Å². The summed E-state index contributed by atoms with van der Waals surface area (Å²) in [5.41, 5.74) is 9.53. The molecule has 0 radical (unpaired) electrons. The van der Waals surface area contributed by atoms with Crippen molar-refractivity contribution in [2.75, 3.05) is 0 Å². The van der Waals surface area contributed by atoms with Gasteiger partial charge in [0, 0.05) is 0 Å². The van der Waals surface area contributed by atoms with Gasteiger partial charge in [-0.3, -0.25) is 0 Å². The van der Waals surface area contributed by atoms with Crippen molar-refractivity contribution in [2.45, 2.75) is 8.65 Å². The Kier molecular flexibility index (Phi) is 6.78. The number of halogens is 2. The molecule has 0 fully saturated rings. The number of benzene rings is 5. The standard InChI is InChI=1S/C36H26Br2/c37-35(30-22-12-4-13-23-30)26-32(27-16-6-1-7-17-27)33(28-18-8-2-9-19-28)34(29-20-10-3-11-21-29)36(35,38)31-24-14-5-15-25-31/h1-26H. The molecule has 2 atom stereocenters. The van der Waals surface area contributed by atoms with E-state index in [-0.39, 0.29) is 0 Å². The summed E-state index contributed by atoms with van der Waals surface area (Å²) in [6, 6.07) is 53.8. The monoisotopic (exact) mass is 616 g/mol. The van der Waals surface area contributed by atoms with E-state index < -0.39 is 8.65 Å². The summed E-state index contributed by atoms with van der Waals surface area (Å²) < 4.78 is -1.23. The fraction of sp³-hybridized carbons (Fsp3) is 0.0556. The summed E-state index contributed by atoms with van der Waals surface area (Å²) in [6.07, 6.45) is 2.41. The molecule has 38 heavy (non-hydrogen) atoms. The van der Waals surface area contributed by atoms with Gasteiger partial charge in [-0.25, -0.2) is 0 Å². The average molecular weight is 618 g/mol. The maximum absolute atomic E-state index is 4.46. The molecule has 0 nitrogen and oxygen atoms in total. The van der Waals surface area contributed by atoms with Crippen LogP contribution in [0, 0.1) is 0 Å². The van der Waals surface area contributed by atoms with Crippen LogP contribution >= 0.6 is 31.9 Å². The topological polar surface area (TPSA) is 0 Å². The SMILES string of the molecule is BrC1(c2ccccc2)C=C(c2ccccc2)C(c2ccccc2)=C(c2ccccc2)C1(Br)c1ccccc1. The Morgan fingerprint density at radius 3 is 1.29 bits per heavy atom. The number of hydrogen-bond acceptors (Lipinski definition) is 0. The molecule has 2 heteroatoms. The van der Waals surface area contributed by atoms with E-state index in [0.717, 1.165) is 0 Å². The fourth-order valence-electron chi connectivity index (χ4n) is 5.54. The molecular formula is C36H26Br2. The van der Waals surface area contributed by atoms with Crippen molar-refractivity contribution >= 4 is 48.6 Å². The first-order valence-corrected chi connectivity index (χ1v) is 14.3. The highest BCUT2D eigenvalue weighted by Crippen LogP contribution is 2.66. The lowest BCUT2D eigenvalue weighted by Gasteiger charge is -2.49. The molecule has 1 aliphatic rings. The smallest absolute Gasteiger partial charge is 0.0732 e. The van der Waals surface area contributed by atoms with Crippen LogP contribution in [0.3, 0.4) is 0 Å². The molecule has 5 aromatic rings. The third kappa shape index (κ3) is 4.13. The van der Waals surface area contributed by atoms with Crippen molar-refractivity contribution in [3.8, 4) is 0 Å². The van der Waals surface area contributed by atoms with Gasteiger partial charge in [0.2, 0.25) is 0 Å². The van der Waals surface area contributed by atoms with Crippen LogP contribution in [0.4, 0.5) is 0 Å². The molecule has 6 rings (SSSR count). The van der Waals surface area contributed by atoms with Crippen LogP contribution < -0.4 is 0 Å². The molecule has 0 aromatic heterocycles. The first-order chi connectivity index (χ1) is 18.6. The highest BCUT2D eigenvalue weighted by molar-refractivity contribution is 9.12. The van der Waals surface area contributed by atoms with Gasteiger partial charge in [-0.05, 0) is 44.5 Å². The largest absolute Gasteiger partial charge is 0.0996 e. The van der Waals surface area contributed by atoms with Crippen LogP contribution in [0.2, 0.25) is 0 Å². The Labute approximate surface area is 241 Å². The molecule has 2 unspecified atom stereocenters. The van der Waals surface area contributed by atoms with E-state index in [4.69, 9.17) is 0 Å². The molecule has 0 spiro atoms. The molecule has 0 heterocycles. The number of allylic oxidation sites excluding steroid dienone is 4. The zero-order valence-corrected chi connectivity index (χ0v) is 23.9. The van der Waals surface area contributed by atoms with Crippen molar-refractivity contribution in [3.05, 3.63) is 186 Å². The lowest BCUT2D eigenvalue weighted by molar-refractivity contribution is 0.661. The van der Waals surface area contributed by atoms with Gasteiger partial charge in [0.05, 0.1) is 8.65 Å². The van der Waals surface area contributed by atoms with Crippen LogP contribution in [0.15, 0.2) is 158 Å². The molecule has 0 amide bonds. The number of rotatable bonds is 5. The van der Waals surface area contributed by atoms with Crippen LogP contribution in [0.1, 0.15) is 27.8 Å². The molecule has 184 valence electrons. The lowest BCUT2D eigenvalue weighted by Crippen LogP contribution is -2.42. The predicted molar refractivity (Wildman–Crippen MR) is 168 cm³/mol. The number of hydrogen-bond donors (Lipinski definition) is 0. The van der Waals surface area contributed by atoms with Crippen LogP contribution in [0.25, 0.3) is 16.7 Å². The van der Waals surface area contributed by atoms with Gasteiger partial charge in [-0.2, -0.15) is 0 Å². The van der Waals surface area contributed by atoms with E-state index in [0.29, 0.717) is 0 Å². The van der Waals surface area contributed by atoms with Gasteiger partial charge in [0.1, 0.15) is 0 Å². The normalized spacial score (nSPS) is 21.2. The zero-order chi connectivity index (χ0) is 26.0. The van der Waals surface area contributed by atoms with Crippen LogP contribution in [-0.4, -0.2) is 0 Å². The fourth-order valence-corrected chi connectivity index (χ4v) is 7.50. The summed E-state index contributed by atoms with van der Waals surface area (Å²) in [4.78, 5) is 0. The third-order valence-corrected chi connectivity index (χ3v) is 10.6. The van der Waals surface area contributed by atoms with Gasteiger partial charge in [-0.1, -0.05) is 190 Å². The molecule has 0 N–H and O–H groups in total. The highest BCUT2D eigenvalue weighted by atomic mass is 79.9. The van der Waals surface area contributed by atoms with E-state index >= 15 is 0 Å². The number of alkyl halides is 2. The molecule has 0 bridgehead atoms. The first-order valence-electron chi connectivity index (χ1n) is 12.8. The summed E-state index contributed by atoms with van der Waals surface area (Å²) in [7, 11) is 0. The summed E-state index contributed by atoms with van der Waals surface area (Å²) in [5.74, 6) is 0. The van der Waals surface area contributed by atoms with E-state index in [1.807, 2.05) is 0 Å². The van der Waals surface area contributed by atoms with E-state index in [1.165, 1.54) is 44.5 Å². The predicted octanol–water partition coefficient (Wildman–Crippen LogP) is 10.3. The second-order valence-corrected chi connectivity index (χ2v) is 11.9. The van der Waals surface area contributed by atoms with Gasteiger partial charge in [0.25, 0.3) is 0 Å². The Morgan fingerprint density at radius 2 is 0.789 bits per heavy atom. The molecule has 5 aromatic carbocycles. The van der Waals surface area contributed by atoms with Gasteiger partial charge >= 0.3 is 0 Å². The minimum Gasteiger partial charge on any atom is -0.0732 e. The summed E-state index contributed by atoms with van der Waals surface area (Å²) in [6.45, 7) is 0. The first kappa shape index (κ1) is 24.9. The minimum absolute atomic E-state index is 0.600. The molecule has 0 saturated carbocycles. The van der Waals surface area contributed by atoms with Crippen molar-refractivity contribution in [1.29, 1.82) is 0 Å². The summed E-state index contributed by atoms with van der Waals surface area (Å²) >= 11 is 8.84. The Bertz CT molecular complexity index is 1590. The highest BCUT2D eigenvalue weighted by Gasteiger charge is 2.55.